The smallest absolute Gasteiger partial charge is 0.307 e. The molecule has 0 radical (unpaired) electrons. The molecule has 0 spiro atoms. The Labute approximate surface area is 125 Å². The second kappa shape index (κ2) is 5.63. The first-order chi connectivity index (χ1) is 10.1. The Kier molecular flexibility index (Phi) is 3.83. The van der Waals surface area contributed by atoms with Crippen LogP contribution in [0.1, 0.15) is 54.1 Å². The SMILES string of the molecule is CCC1CC(C(=O)O)C(C(=O)c2ccc3c(c2)CCC3)C1. The maximum Gasteiger partial charge on any atom is 0.307 e. The van der Waals surface area contributed by atoms with E-state index in [2.05, 4.69) is 13.0 Å². The molecular weight excluding hydrogens is 264 g/mol. The number of hydrogen-bond donors (Lipinski definition) is 1. The van der Waals surface area contributed by atoms with Gasteiger partial charge in [0.25, 0.3) is 0 Å². The minimum absolute atomic E-state index is 0.0352. The Hall–Kier alpha value is -1.64. The van der Waals surface area contributed by atoms with Crippen LogP contribution < -0.4 is 0 Å². The minimum atomic E-state index is -0.814. The maximum atomic E-state index is 12.8. The fourth-order valence-electron chi connectivity index (χ4n) is 3.98. The first-order valence-corrected chi connectivity index (χ1v) is 7.99. The molecule has 2 aliphatic rings. The molecule has 1 fully saturated rings. The number of Topliss-reactive ketones (excluding diaryl/α,β-unsaturated/α-hetero) is 1. The Bertz CT molecular complexity index is 576. The average Bonchev–Trinajstić information content (AvgIpc) is 3.11. The highest BCUT2D eigenvalue weighted by Crippen LogP contribution is 2.40. The predicted octanol–water partition coefficient (Wildman–Crippen LogP) is 3.50. The maximum absolute atomic E-state index is 12.8. The lowest BCUT2D eigenvalue weighted by Crippen LogP contribution is -2.25. The van der Waals surface area contributed by atoms with Crippen LogP contribution in [0.25, 0.3) is 0 Å². The number of fused-ring (bicyclic) bond motifs is 1. The number of benzene rings is 1. The summed E-state index contributed by atoms with van der Waals surface area (Å²) >= 11 is 0. The molecule has 1 N–H and O–H groups in total. The van der Waals surface area contributed by atoms with E-state index in [0.29, 0.717) is 17.9 Å². The predicted molar refractivity (Wildman–Crippen MR) is 80.4 cm³/mol. The van der Waals surface area contributed by atoms with Crippen LogP contribution in [-0.4, -0.2) is 16.9 Å². The van der Waals surface area contributed by atoms with Gasteiger partial charge in [0.1, 0.15) is 0 Å². The molecule has 3 atom stereocenters. The van der Waals surface area contributed by atoms with E-state index in [0.717, 1.165) is 32.1 Å². The molecule has 1 aromatic rings. The van der Waals surface area contributed by atoms with Gasteiger partial charge >= 0.3 is 5.97 Å². The summed E-state index contributed by atoms with van der Waals surface area (Å²) in [6.07, 6.45) is 5.63. The number of aliphatic carboxylic acids is 1. The summed E-state index contributed by atoms with van der Waals surface area (Å²) in [6, 6.07) is 5.95. The molecule has 0 saturated heterocycles. The highest BCUT2D eigenvalue weighted by atomic mass is 16.4. The van der Waals surface area contributed by atoms with E-state index in [1.807, 2.05) is 12.1 Å². The molecule has 0 amide bonds. The second-order valence-corrected chi connectivity index (χ2v) is 6.50. The summed E-state index contributed by atoms with van der Waals surface area (Å²) < 4.78 is 0. The summed E-state index contributed by atoms with van der Waals surface area (Å²) in [5, 5.41) is 9.40. The van der Waals surface area contributed by atoms with Crippen molar-refractivity contribution in [1.29, 1.82) is 0 Å². The van der Waals surface area contributed by atoms with Crippen LogP contribution in [0.5, 0.6) is 0 Å². The molecule has 1 aromatic carbocycles. The third kappa shape index (κ3) is 2.61. The number of aryl methyl sites for hydroxylation is 2. The molecule has 112 valence electrons. The second-order valence-electron chi connectivity index (χ2n) is 6.50. The summed E-state index contributed by atoms with van der Waals surface area (Å²) in [6.45, 7) is 2.08. The quantitative estimate of drug-likeness (QED) is 0.862. The molecule has 0 aliphatic heterocycles. The van der Waals surface area contributed by atoms with Crippen molar-refractivity contribution in [1.82, 2.24) is 0 Å². The van der Waals surface area contributed by atoms with Crippen molar-refractivity contribution in [2.24, 2.45) is 17.8 Å². The normalized spacial score (nSPS) is 27.6. The fraction of sp³-hybridized carbons (Fsp3) is 0.556. The van der Waals surface area contributed by atoms with Crippen LogP contribution in [0.2, 0.25) is 0 Å². The van der Waals surface area contributed by atoms with Gasteiger partial charge in [-0.2, -0.15) is 0 Å². The van der Waals surface area contributed by atoms with E-state index in [1.54, 1.807) is 0 Å². The number of rotatable bonds is 4. The number of carboxylic acid groups (broad SMARTS) is 1. The monoisotopic (exact) mass is 286 g/mol. The highest BCUT2D eigenvalue weighted by molar-refractivity contribution is 6.00. The van der Waals surface area contributed by atoms with Gasteiger partial charge in [-0.25, -0.2) is 0 Å². The lowest BCUT2D eigenvalue weighted by molar-refractivity contribution is -0.142. The van der Waals surface area contributed by atoms with Crippen LogP contribution in [0.4, 0.5) is 0 Å². The standard InChI is InChI=1S/C18H22O3/c1-2-11-8-15(16(9-11)18(20)21)17(19)14-7-6-12-4-3-5-13(12)10-14/h6-7,10-11,15-16H,2-5,8-9H2,1H3,(H,20,21). The van der Waals surface area contributed by atoms with Gasteiger partial charge in [-0.3, -0.25) is 9.59 Å². The number of ketones is 1. The van der Waals surface area contributed by atoms with Gasteiger partial charge in [0.15, 0.2) is 5.78 Å². The van der Waals surface area contributed by atoms with Crippen molar-refractivity contribution in [3.05, 3.63) is 34.9 Å². The molecule has 0 bridgehead atoms. The molecule has 3 rings (SSSR count). The first-order valence-electron chi connectivity index (χ1n) is 7.99. The first kappa shape index (κ1) is 14.3. The molecule has 3 heteroatoms. The van der Waals surface area contributed by atoms with Gasteiger partial charge in [0.05, 0.1) is 5.92 Å². The van der Waals surface area contributed by atoms with Gasteiger partial charge in [0, 0.05) is 11.5 Å². The lowest BCUT2D eigenvalue weighted by Gasteiger charge is -2.15. The van der Waals surface area contributed by atoms with E-state index in [1.165, 1.54) is 11.1 Å². The Morgan fingerprint density at radius 3 is 2.57 bits per heavy atom. The van der Waals surface area contributed by atoms with Crippen molar-refractivity contribution < 1.29 is 14.7 Å². The van der Waals surface area contributed by atoms with Crippen molar-refractivity contribution in [2.45, 2.75) is 45.4 Å². The van der Waals surface area contributed by atoms with Crippen LogP contribution in [0, 0.1) is 17.8 Å². The minimum Gasteiger partial charge on any atom is -0.481 e. The number of carbonyl (C=O) groups is 2. The molecule has 3 nitrogen and oxygen atoms in total. The van der Waals surface area contributed by atoms with E-state index in [4.69, 9.17) is 0 Å². The van der Waals surface area contributed by atoms with E-state index in [9.17, 15) is 14.7 Å². The molecule has 0 aromatic heterocycles. The van der Waals surface area contributed by atoms with Gasteiger partial charge in [-0.05, 0) is 55.2 Å². The van der Waals surface area contributed by atoms with Gasteiger partial charge < -0.3 is 5.11 Å². The van der Waals surface area contributed by atoms with Gasteiger partial charge in [0.2, 0.25) is 0 Å². The topological polar surface area (TPSA) is 54.4 Å². The van der Waals surface area contributed by atoms with Gasteiger partial charge in [-0.1, -0.05) is 25.5 Å². The molecule has 1 saturated carbocycles. The third-order valence-electron chi connectivity index (χ3n) is 5.27. The molecule has 0 heterocycles. The zero-order chi connectivity index (χ0) is 15.0. The number of hydrogen-bond acceptors (Lipinski definition) is 2. The van der Waals surface area contributed by atoms with Gasteiger partial charge in [-0.15, -0.1) is 0 Å². The zero-order valence-corrected chi connectivity index (χ0v) is 12.5. The summed E-state index contributed by atoms with van der Waals surface area (Å²) in [5.74, 6) is -1.25. The van der Waals surface area contributed by atoms with Crippen LogP contribution in [0.15, 0.2) is 18.2 Å². The molecule has 3 unspecified atom stereocenters. The van der Waals surface area contributed by atoms with Crippen molar-refractivity contribution in [2.75, 3.05) is 0 Å². The lowest BCUT2D eigenvalue weighted by atomic mass is 9.87. The Morgan fingerprint density at radius 1 is 1.14 bits per heavy atom. The average molecular weight is 286 g/mol. The highest BCUT2D eigenvalue weighted by Gasteiger charge is 2.42. The van der Waals surface area contributed by atoms with E-state index < -0.39 is 11.9 Å². The number of carbonyl (C=O) groups excluding carboxylic acids is 1. The Balaban J connectivity index is 1.85. The summed E-state index contributed by atoms with van der Waals surface area (Å²) in [5.41, 5.74) is 3.33. The summed E-state index contributed by atoms with van der Waals surface area (Å²) in [7, 11) is 0. The molecule has 2 aliphatic carbocycles. The van der Waals surface area contributed by atoms with E-state index in [-0.39, 0.29) is 11.7 Å². The summed E-state index contributed by atoms with van der Waals surface area (Å²) in [4.78, 5) is 24.2. The van der Waals surface area contributed by atoms with Crippen LogP contribution in [0.3, 0.4) is 0 Å². The zero-order valence-electron chi connectivity index (χ0n) is 12.5. The Morgan fingerprint density at radius 2 is 1.86 bits per heavy atom. The number of carboxylic acids is 1. The largest absolute Gasteiger partial charge is 0.481 e. The molecule has 21 heavy (non-hydrogen) atoms. The van der Waals surface area contributed by atoms with Crippen LogP contribution in [-0.2, 0) is 17.6 Å². The fourth-order valence-corrected chi connectivity index (χ4v) is 3.98. The van der Waals surface area contributed by atoms with E-state index >= 15 is 0 Å². The van der Waals surface area contributed by atoms with Crippen molar-refractivity contribution in [3.63, 3.8) is 0 Å². The molecular formula is C18H22O3. The van der Waals surface area contributed by atoms with Crippen molar-refractivity contribution in [3.8, 4) is 0 Å². The third-order valence-corrected chi connectivity index (χ3v) is 5.27. The van der Waals surface area contributed by atoms with Crippen molar-refractivity contribution >= 4 is 11.8 Å². The van der Waals surface area contributed by atoms with Crippen LogP contribution >= 0.6 is 0 Å².